The highest BCUT2D eigenvalue weighted by Crippen LogP contribution is 2.27. The molecule has 1 N–H and O–H groups in total. The topological polar surface area (TPSA) is 55.6 Å². The lowest BCUT2D eigenvalue weighted by Gasteiger charge is -2.18. The summed E-state index contributed by atoms with van der Waals surface area (Å²) >= 11 is 1.77. The van der Waals surface area contributed by atoms with Gasteiger partial charge in [0.05, 0.1) is 16.7 Å². The second-order valence-corrected chi connectivity index (χ2v) is 6.45. The van der Waals surface area contributed by atoms with Crippen LogP contribution in [0.15, 0.2) is 6.33 Å². The molecule has 1 unspecified atom stereocenters. The first-order valence-corrected chi connectivity index (χ1v) is 7.90. The van der Waals surface area contributed by atoms with E-state index < -0.39 is 0 Å². The molecule has 0 aliphatic carbocycles. The Labute approximate surface area is 124 Å². The summed E-state index contributed by atoms with van der Waals surface area (Å²) < 4.78 is 1.99. The molecule has 0 radical (unpaired) electrons. The van der Waals surface area contributed by atoms with Gasteiger partial charge >= 0.3 is 0 Å². The Morgan fingerprint density at radius 2 is 2.10 bits per heavy atom. The second-order valence-electron chi connectivity index (χ2n) is 5.21. The van der Waals surface area contributed by atoms with Crippen LogP contribution in [0.2, 0.25) is 0 Å². The standard InChI is InChI=1S/C14H23N5S/c1-6-15-12(14-10(4)18-11(5)20-14)7-13-16-8-17-19(13)9(2)3/h8-9,12,15H,6-7H2,1-5H3. The van der Waals surface area contributed by atoms with Crippen LogP contribution in [0.5, 0.6) is 0 Å². The molecule has 0 saturated heterocycles. The third kappa shape index (κ3) is 3.24. The van der Waals surface area contributed by atoms with Crippen molar-refractivity contribution in [1.29, 1.82) is 0 Å². The van der Waals surface area contributed by atoms with Gasteiger partial charge in [0.1, 0.15) is 12.2 Å². The van der Waals surface area contributed by atoms with Crippen molar-refractivity contribution in [3.63, 3.8) is 0 Å². The predicted octanol–water partition coefficient (Wildman–Crippen LogP) is 2.83. The lowest BCUT2D eigenvalue weighted by atomic mass is 10.1. The van der Waals surface area contributed by atoms with Crippen molar-refractivity contribution in [2.75, 3.05) is 6.54 Å². The van der Waals surface area contributed by atoms with Crippen LogP contribution >= 0.6 is 11.3 Å². The normalized spacial score (nSPS) is 13.1. The molecular weight excluding hydrogens is 270 g/mol. The van der Waals surface area contributed by atoms with Crippen molar-refractivity contribution >= 4 is 11.3 Å². The van der Waals surface area contributed by atoms with E-state index in [0.717, 1.165) is 29.5 Å². The molecule has 2 aromatic rings. The minimum atomic E-state index is 0.257. The van der Waals surface area contributed by atoms with Gasteiger partial charge in [0, 0.05) is 17.3 Å². The summed E-state index contributed by atoms with van der Waals surface area (Å²) in [5.74, 6) is 1.02. The van der Waals surface area contributed by atoms with Crippen LogP contribution in [0, 0.1) is 13.8 Å². The molecule has 2 heterocycles. The smallest absolute Gasteiger partial charge is 0.138 e. The maximum Gasteiger partial charge on any atom is 0.138 e. The molecule has 2 rings (SSSR count). The van der Waals surface area contributed by atoms with Crippen LogP contribution in [0.3, 0.4) is 0 Å². The summed E-state index contributed by atoms with van der Waals surface area (Å²) in [6.07, 6.45) is 2.48. The van der Waals surface area contributed by atoms with E-state index in [0.29, 0.717) is 6.04 Å². The number of aromatic nitrogens is 4. The minimum absolute atomic E-state index is 0.257. The zero-order chi connectivity index (χ0) is 14.7. The van der Waals surface area contributed by atoms with E-state index in [2.05, 4.69) is 55.0 Å². The van der Waals surface area contributed by atoms with Crippen LogP contribution in [-0.2, 0) is 6.42 Å². The Hall–Kier alpha value is -1.27. The van der Waals surface area contributed by atoms with Gasteiger partial charge in [0.2, 0.25) is 0 Å². The highest BCUT2D eigenvalue weighted by atomic mass is 32.1. The highest BCUT2D eigenvalue weighted by Gasteiger charge is 2.20. The minimum Gasteiger partial charge on any atom is -0.309 e. The molecule has 0 aromatic carbocycles. The highest BCUT2D eigenvalue weighted by molar-refractivity contribution is 7.11. The average molecular weight is 293 g/mol. The largest absolute Gasteiger partial charge is 0.309 e. The van der Waals surface area contributed by atoms with Crippen LogP contribution in [0.4, 0.5) is 0 Å². The molecule has 1 atom stereocenters. The predicted molar refractivity (Wildman–Crippen MR) is 82.1 cm³/mol. The number of thiazole rings is 1. The Morgan fingerprint density at radius 1 is 1.35 bits per heavy atom. The molecular formula is C14H23N5S. The lowest BCUT2D eigenvalue weighted by Crippen LogP contribution is -2.24. The number of nitrogens with one attached hydrogen (secondary N) is 1. The molecule has 0 spiro atoms. The van der Waals surface area contributed by atoms with E-state index in [-0.39, 0.29) is 6.04 Å². The van der Waals surface area contributed by atoms with Crippen molar-refractivity contribution in [2.45, 2.75) is 53.1 Å². The molecule has 0 bridgehead atoms. The quantitative estimate of drug-likeness (QED) is 0.890. The van der Waals surface area contributed by atoms with Crippen LogP contribution in [0.25, 0.3) is 0 Å². The van der Waals surface area contributed by atoms with E-state index in [1.807, 2.05) is 4.68 Å². The summed E-state index contributed by atoms with van der Waals surface area (Å²) in [5, 5.41) is 8.98. The van der Waals surface area contributed by atoms with E-state index in [1.54, 1.807) is 17.7 Å². The Morgan fingerprint density at radius 3 is 2.65 bits per heavy atom. The molecule has 110 valence electrons. The van der Waals surface area contributed by atoms with E-state index in [9.17, 15) is 0 Å². The lowest BCUT2D eigenvalue weighted by molar-refractivity contribution is 0.470. The van der Waals surface area contributed by atoms with E-state index >= 15 is 0 Å². The molecule has 0 fully saturated rings. The maximum atomic E-state index is 4.54. The molecule has 0 saturated carbocycles. The van der Waals surface area contributed by atoms with E-state index in [4.69, 9.17) is 0 Å². The van der Waals surface area contributed by atoms with Crippen molar-refractivity contribution in [1.82, 2.24) is 25.1 Å². The number of likely N-dealkylation sites (N-methyl/N-ethyl adjacent to an activating group) is 1. The number of hydrogen-bond donors (Lipinski definition) is 1. The monoisotopic (exact) mass is 293 g/mol. The van der Waals surface area contributed by atoms with Gasteiger partial charge < -0.3 is 5.32 Å². The van der Waals surface area contributed by atoms with Crippen LogP contribution in [-0.4, -0.2) is 26.3 Å². The fraction of sp³-hybridized carbons (Fsp3) is 0.643. The maximum absolute atomic E-state index is 4.54. The first kappa shape index (κ1) is 15.1. The molecule has 5 nitrogen and oxygen atoms in total. The summed E-state index contributed by atoms with van der Waals surface area (Å²) in [6.45, 7) is 11.4. The molecule has 2 aromatic heterocycles. The fourth-order valence-electron chi connectivity index (χ4n) is 2.41. The van der Waals surface area contributed by atoms with Crippen LogP contribution < -0.4 is 5.32 Å². The zero-order valence-corrected chi connectivity index (χ0v) is 13.7. The van der Waals surface area contributed by atoms with Gasteiger partial charge in [0.25, 0.3) is 0 Å². The molecule has 20 heavy (non-hydrogen) atoms. The Kier molecular flexibility index (Phi) is 4.88. The van der Waals surface area contributed by atoms with Gasteiger partial charge in [-0.2, -0.15) is 5.10 Å². The first-order valence-electron chi connectivity index (χ1n) is 7.08. The van der Waals surface area contributed by atoms with Gasteiger partial charge in [-0.3, -0.25) is 0 Å². The SMILES string of the molecule is CCNC(Cc1ncnn1C(C)C)c1sc(C)nc1C. The van der Waals surface area contributed by atoms with Gasteiger partial charge in [-0.1, -0.05) is 6.92 Å². The molecule has 0 aliphatic rings. The number of nitrogens with zero attached hydrogens (tertiary/aromatic N) is 4. The van der Waals surface area contributed by atoms with Gasteiger partial charge in [-0.05, 0) is 34.2 Å². The number of aryl methyl sites for hydroxylation is 2. The summed E-state index contributed by atoms with van der Waals surface area (Å²) in [7, 11) is 0. The van der Waals surface area contributed by atoms with Gasteiger partial charge in [0.15, 0.2) is 0 Å². The van der Waals surface area contributed by atoms with Crippen molar-refractivity contribution in [2.24, 2.45) is 0 Å². The molecule has 0 aliphatic heterocycles. The number of hydrogen-bond acceptors (Lipinski definition) is 5. The first-order chi connectivity index (χ1) is 9.52. The van der Waals surface area contributed by atoms with Crippen molar-refractivity contribution < 1.29 is 0 Å². The van der Waals surface area contributed by atoms with Crippen LogP contribution in [0.1, 0.15) is 54.3 Å². The Bertz CT molecular complexity index is 558. The summed E-state index contributed by atoms with van der Waals surface area (Å²) in [4.78, 5) is 10.3. The fourth-order valence-corrected chi connectivity index (χ4v) is 3.41. The summed E-state index contributed by atoms with van der Waals surface area (Å²) in [6, 6.07) is 0.590. The van der Waals surface area contributed by atoms with Gasteiger partial charge in [-0.25, -0.2) is 14.6 Å². The zero-order valence-electron chi connectivity index (χ0n) is 12.8. The van der Waals surface area contributed by atoms with Crippen molar-refractivity contribution in [3.05, 3.63) is 27.7 Å². The third-order valence-electron chi connectivity index (χ3n) is 3.23. The van der Waals surface area contributed by atoms with E-state index in [1.165, 1.54) is 4.88 Å². The Balaban J connectivity index is 2.25. The second kappa shape index (κ2) is 6.45. The number of rotatable bonds is 6. The van der Waals surface area contributed by atoms with Gasteiger partial charge in [-0.15, -0.1) is 11.3 Å². The third-order valence-corrected chi connectivity index (χ3v) is 4.42. The molecule has 0 amide bonds. The van der Waals surface area contributed by atoms with Crippen molar-refractivity contribution in [3.8, 4) is 0 Å². The summed E-state index contributed by atoms with van der Waals surface area (Å²) in [5.41, 5.74) is 1.12. The average Bonchev–Trinajstić information content (AvgIpc) is 2.95. The molecule has 6 heteroatoms.